The number of piperazine rings is 1. The Balaban J connectivity index is 1.63. The zero-order valence-corrected chi connectivity index (χ0v) is 10.1. The van der Waals surface area contributed by atoms with E-state index in [2.05, 4.69) is 15.2 Å². The number of aromatic nitrogens is 1. The number of nitrogens with zero attached hydrogens (tertiary/aromatic N) is 2. The summed E-state index contributed by atoms with van der Waals surface area (Å²) >= 11 is 0. The molecule has 0 atom stereocenters. The van der Waals surface area contributed by atoms with Crippen LogP contribution in [0.25, 0.3) is 0 Å². The van der Waals surface area contributed by atoms with Gasteiger partial charge in [-0.3, -0.25) is 4.98 Å². The highest BCUT2D eigenvalue weighted by Crippen LogP contribution is 2.22. The van der Waals surface area contributed by atoms with E-state index in [4.69, 9.17) is 4.74 Å². The van der Waals surface area contributed by atoms with E-state index in [0.717, 1.165) is 39.3 Å². The molecule has 4 heteroatoms. The molecule has 0 bridgehead atoms. The molecule has 2 aliphatic heterocycles. The van der Waals surface area contributed by atoms with Gasteiger partial charge in [0.25, 0.3) is 0 Å². The molecule has 17 heavy (non-hydrogen) atoms. The van der Waals surface area contributed by atoms with Gasteiger partial charge < -0.3 is 15.0 Å². The summed E-state index contributed by atoms with van der Waals surface area (Å²) in [5.41, 5.74) is 4.04. The summed E-state index contributed by atoms with van der Waals surface area (Å²) in [6.07, 6.45) is 5.05. The van der Waals surface area contributed by atoms with Gasteiger partial charge in [-0.2, -0.15) is 0 Å². The fourth-order valence-corrected chi connectivity index (χ4v) is 2.58. The smallest absolute Gasteiger partial charge is 0.0740 e. The molecule has 0 amide bonds. The maximum atomic E-state index is 5.48. The van der Waals surface area contributed by atoms with E-state index < -0.39 is 0 Å². The van der Waals surface area contributed by atoms with Crippen molar-refractivity contribution in [3.63, 3.8) is 0 Å². The molecular formula is C13H19N3O. The molecule has 1 N–H and O–H groups in total. The normalized spacial score (nSPS) is 20.5. The fraction of sp³-hybridized carbons (Fsp3) is 0.615. The zero-order valence-electron chi connectivity index (χ0n) is 10.1. The molecule has 1 saturated heterocycles. The lowest BCUT2D eigenvalue weighted by Gasteiger charge is -2.27. The lowest BCUT2D eigenvalue weighted by Crippen LogP contribution is -2.44. The maximum Gasteiger partial charge on any atom is 0.0740 e. The summed E-state index contributed by atoms with van der Waals surface area (Å²) in [4.78, 5) is 6.83. The van der Waals surface area contributed by atoms with Gasteiger partial charge in [0.1, 0.15) is 0 Å². The molecule has 4 nitrogen and oxygen atoms in total. The Morgan fingerprint density at radius 3 is 3.00 bits per heavy atom. The highest BCUT2D eigenvalue weighted by molar-refractivity contribution is 5.33. The lowest BCUT2D eigenvalue weighted by atomic mass is 10.0. The molecule has 1 aromatic rings. The van der Waals surface area contributed by atoms with Crippen molar-refractivity contribution in [1.29, 1.82) is 0 Å². The minimum Gasteiger partial charge on any atom is -0.372 e. The molecule has 0 aromatic carbocycles. The molecular weight excluding hydrogens is 214 g/mol. The van der Waals surface area contributed by atoms with Crippen LogP contribution in [0.5, 0.6) is 0 Å². The molecule has 0 saturated carbocycles. The van der Waals surface area contributed by atoms with Crippen molar-refractivity contribution >= 4 is 0 Å². The van der Waals surface area contributed by atoms with Crippen LogP contribution in [-0.2, 0) is 24.4 Å². The van der Waals surface area contributed by atoms with Crippen LogP contribution in [0, 0.1) is 0 Å². The Morgan fingerprint density at radius 2 is 2.12 bits per heavy atom. The first kappa shape index (κ1) is 11.1. The summed E-state index contributed by atoms with van der Waals surface area (Å²) in [6.45, 7) is 7.22. The molecule has 3 heterocycles. The van der Waals surface area contributed by atoms with Crippen LogP contribution in [0.1, 0.15) is 16.7 Å². The standard InChI is InChI=1S/C13H19N3O/c1(4-16-5-2-14-3-6-16)11-7-15-8-12-9-17-10-13(11)12/h7-8,14H,1-6,9-10H2. The summed E-state index contributed by atoms with van der Waals surface area (Å²) in [5, 5.41) is 3.38. The average Bonchev–Trinajstić information content (AvgIpc) is 2.86. The van der Waals surface area contributed by atoms with Crippen molar-refractivity contribution in [3.05, 3.63) is 29.1 Å². The Kier molecular flexibility index (Phi) is 3.36. The average molecular weight is 233 g/mol. The summed E-state index contributed by atoms with van der Waals surface area (Å²) in [5.74, 6) is 0. The highest BCUT2D eigenvalue weighted by Gasteiger charge is 2.16. The largest absolute Gasteiger partial charge is 0.372 e. The number of hydrogen-bond donors (Lipinski definition) is 1. The topological polar surface area (TPSA) is 37.4 Å². The van der Waals surface area contributed by atoms with Crippen molar-refractivity contribution in [3.8, 4) is 0 Å². The van der Waals surface area contributed by atoms with E-state index in [0.29, 0.717) is 0 Å². The summed E-state index contributed by atoms with van der Waals surface area (Å²) < 4.78 is 5.48. The minimum absolute atomic E-state index is 0.740. The molecule has 0 radical (unpaired) electrons. The molecule has 2 aliphatic rings. The molecule has 0 aliphatic carbocycles. The van der Waals surface area contributed by atoms with E-state index >= 15 is 0 Å². The number of nitrogens with one attached hydrogen (secondary N) is 1. The second-order valence-corrected chi connectivity index (χ2v) is 4.77. The van der Waals surface area contributed by atoms with Crippen LogP contribution >= 0.6 is 0 Å². The van der Waals surface area contributed by atoms with Crippen molar-refractivity contribution in [2.45, 2.75) is 19.6 Å². The summed E-state index contributed by atoms with van der Waals surface area (Å²) in [6, 6.07) is 0. The van der Waals surface area contributed by atoms with Gasteiger partial charge in [-0.05, 0) is 17.5 Å². The van der Waals surface area contributed by atoms with Crippen molar-refractivity contribution < 1.29 is 4.74 Å². The van der Waals surface area contributed by atoms with Gasteiger partial charge in [0, 0.05) is 50.7 Å². The molecule has 1 fully saturated rings. The van der Waals surface area contributed by atoms with Gasteiger partial charge in [-0.1, -0.05) is 0 Å². The first-order valence-corrected chi connectivity index (χ1v) is 6.39. The first-order chi connectivity index (χ1) is 8.43. The third-order valence-corrected chi connectivity index (χ3v) is 3.65. The number of rotatable bonds is 3. The third-order valence-electron chi connectivity index (χ3n) is 3.65. The molecule has 92 valence electrons. The van der Waals surface area contributed by atoms with Crippen LogP contribution in [-0.4, -0.2) is 42.6 Å². The van der Waals surface area contributed by atoms with Crippen LogP contribution in [0.3, 0.4) is 0 Å². The van der Waals surface area contributed by atoms with Gasteiger partial charge >= 0.3 is 0 Å². The SMILES string of the molecule is c1ncc2c(c1CCN1CCNCC1)COC2. The minimum atomic E-state index is 0.740. The van der Waals surface area contributed by atoms with Gasteiger partial charge in [0.15, 0.2) is 0 Å². The highest BCUT2D eigenvalue weighted by atomic mass is 16.5. The van der Waals surface area contributed by atoms with Gasteiger partial charge in [0.05, 0.1) is 13.2 Å². The van der Waals surface area contributed by atoms with Gasteiger partial charge in [0.2, 0.25) is 0 Å². The van der Waals surface area contributed by atoms with Gasteiger partial charge in [-0.15, -0.1) is 0 Å². The van der Waals surface area contributed by atoms with Crippen LogP contribution in [0.2, 0.25) is 0 Å². The summed E-state index contributed by atoms with van der Waals surface area (Å²) in [7, 11) is 0. The lowest BCUT2D eigenvalue weighted by molar-refractivity contribution is 0.134. The zero-order chi connectivity index (χ0) is 11.5. The predicted octanol–water partition coefficient (Wildman–Crippen LogP) is 0.559. The van der Waals surface area contributed by atoms with Crippen LogP contribution in [0.4, 0.5) is 0 Å². The van der Waals surface area contributed by atoms with E-state index in [1.807, 2.05) is 12.4 Å². The predicted molar refractivity (Wildman–Crippen MR) is 65.7 cm³/mol. The number of hydrogen-bond acceptors (Lipinski definition) is 4. The van der Waals surface area contributed by atoms with Crippen LogP contribution in [0.15, 0.2) is 12.4 Å². The first-order valence-electron chi connectivity index (χ1n) is 6.39. The van der Waals surface area contributed by atoms with Crippen LogP contribution < -0.4 is 5.32 Å². The Bertz CT molecular complexity index is 388. The monoisotopic (exact) mass is 233 g/mol. The molecule has 3 rings (SSSR count). The van der Waals surface area contributed by atoms with E-state index in [9.17, 15) is 0 Å². The van der Waals surface area contributed by atoms with Crippen molar-refractivity contribution in [2.75, 3.05) is 32.7 Å². The van der Waals surface area contributed by atoms with Crippen molar-refractivity contribution in [2.24, 2.45) is 0 Å². The number of pyridine rings is 1. The Morgan fingerprint density at radius 1 is 1.24 bits per heavy atom. The van der Waals surface area contributed by atoms with E-state index in [-0.39, 0.29) is 0 Å². The second-order valence-electron chi connectivity index (χ2n) is 4.77. The van der Waals surface area contributed by atoms with E-state index in [1.165, 1.54) is 29.8 Å². The Labute approximate surface area is 102 Å². The molecule has 0 unspecified atom stereocenters. The molecule has 0 spiro atoms. The quantitative estimate of drug-likeness (QED) is 0.828. The number of ether oxygens (including phenoxy) is 1. The third kappa shape index (κ3) is 2.49. The maximum absolute atomic E-state index is 5.48. The fourth-order valence-electron chi connectivity index (χ4n) is 2.58. The van der Waals surface area contributed by atoms with Gasteiger partial charge in [-0.25, -0.2) is 0 Å². The number of fused-ring (bicyclic) bond motifs is 1. The molecule has 1 aromatic heterocycles. The Hall–Kier alpha value is -0.970. The van der Waals surface area contributed by atoms with E-state index in [1.54, 1.807) is 0 Å². The van der Waals surface area contributed by atoms with Crippen molar-refractivity contribution in [1.82, 2.24) is 15.2 Å². The second kappa shape index (κ2) is 5.12.